The van der Waals surface area contributed by atoms with Gasteiger partial charge in [-0.1, -0.05) is 20.3 Å². The predicted octanol–water partition coefficient (Wildman–Crippen LogP) is 1.43. The molecule has 0 aromatic rings. The van der Waals surface area contributed by atoms with E-state index in [1.807, 2.05) is 13.8 Å². The fraction of sp³-hybridized carbons (Fsp3) is 0.857. The predicted molar refractivity (Wildman–Crippen MR) is 75.5 cm³/mol. The number of nitrogens with zero attached hydrogens (tertiary/aromatic N) is 1. The first-order valence-electron chi connectivity index (χ1n) is 7.39. The maximum atomic E-state index is 12.2. The molecular weight excluding hydrogens is 260 g/mol. The molecule has 0 aliphatic heterocycles. The molecule has 1 fully saturated rings. The summed E-state index contributed by atoms with van der Waals surface area (Å²) in [6.45, 7) is 4.35. The summed E-state index contributed by atoms with van der Waals surface area (Å²) in [6.07, 6.45) is 3.76. The Bertz CT molecular complexity index is 338. The lowest BCUT2D eigenvalue weighted by Crippen LogP contribution is -2.53. The number of urea groups is 1. The van der Waals surface area contributed by atoms with Crippen LogP contribution in [0, 0.1) is 5.41 Å². The van der Waals surface area contributed by atoms with Gasteiger partial charge < -0.3 is 20.4 Å². The van der Waals surface area contributed by atoms with E-state index in [0.717, 1.165) is 19.3 Å². The summed E-state index contributed by atoms with van der Waals surface area (Å²) in [5.41, 5.74) is -0.783. The molecule has 0 unspecified atom stereocenters. The number of aliphatic hydroxyl groups is 1. The number of carbonyl (C=O) groups excluding carboxylic acids is 1. The molecule has 0 saturated heterocycles. The van der Waals surface area contributed by atoms with Gasteiger partial charge in [-0.15, -0.1) is 0 Å². The number of aliphatic hydroxyl groups excluding tert-OH is 1. The van der Waals surface area contributed by atoms with Crippen LogP contribution in [0.2, 0.25) is 0 Å². The van der Waals surface area contributed by atoms with E-state index in [1.165, 1.54) is 0 Å². The Morgan fingerprint density at radius 3 is 2.25 bits per heavy atom. The van der Waals surface area contributed by atoms with Crippen molar-refractivity contribution in [3.05, 3.63) is 0 Å². The smallest absolute Gasteiger partial charge is 0.317 e. The summed E-state index contributed by atoms with van der Waals surface area (Å²) in [7, 11) is 0. The molecule has 0 radical (unpaired) electrons. The van der Waals surface area contributed by atoms with Gasteiger partial charge in [0.1, 0.15) is 0 Å². The van der Waals surface area contributed by atoms with Crippen LogP contribution in [-0.4, -0.2) is 52.9 Å². The lowest BCUT2D eigenvalue weighted by atomic mass is 9.69. The van der Waals surface area contributed by atoms with Crippen molar-refractivity contribution >= 4 is 12.0 Å². The molecule has 1 rings (SSSR count). The Hall–Kier alpha value is -1.30. The highest BCUT2D eigenvalue weighted by atomic mass is 16.4. The molecule has 6 nitrogen and oxygen atoms in total. The number of carboxylic acid groups (broad SMARTS) is 1. The van der Waals surface area contributed by atoms with Gasteiger partial charge in [-0.25, -0.2) is 4.79 Å². The number of amides is 2. The van der Waals surface area contributed by atoms with Crippen LogP contribution in [0.15, 0.2) is 0 Å². The Morgan fingerprint density at radius 2 is 1.90 bits per heavy atom. The second-order valence-electron chi connectivity index (χ2n) is 5.49. The molecule has 2 amide bonds. The van der Waals surface area contributed by atoms with Crippen molar-refractivity contribution in [3.8, 4) is 0 Å². The van der Waals surface area contributed by atoms with Gasteiger partial charge in [0.2, 0.25) is 0 Å². The first-order chi connectivity index (χ1) is 9.50. The van der Waals surface area contributed by atoms with Gasteiger partial charge in [0.15, 0.2) is 0 Å². The number of carbonyl (C=O) groups is 2. The number of nitrogens with one attached hydrogen (secondary N) is 1. The van der Waals surface area contributed by atoms with Crippen LogP contribution in [0.3, 0.4) is 0 Å². The first kappa shape index (κ1) is 16.8. The fourth-order valence-corrected chi connectivity index (χ4v) is 2.70. The van der Waals surface area contributed by atoms with Crippen LogP contribution in [0.4, 0.5) is 4.79 Å². The van der Waals surface area contributed by atoms with Crippen molar-refractivity contribution in [3.63, 3.8) is 0 Å². The van der Waals surface area contributed by atoms with Crippen molar-refractivity contribution in [2.24, 2.45) is 5.41 Å². The third-order valence-corrected chi connectivity index (χ3v) is 4.33. The maximum Gasteiger partial charge on any atom is 0.317 e. The molecule has 1 saturated carbocycles. The van der Waals surface area contributed by atoms with E-state index in [9.17, 15) is 14.7 Å². The quantitative estimate of drug-likeness (QED) is 0.629. The lowest BCUT2D eigenvalue weighted by molar-refractivity contribution is -0.153. The first-order valence-corrected chi connectivity index (χ1v) is 7.39. The van der Waals surface area contributed by atoms with Crippen LogP contribution in [0.1, 0.15) is 46.0 Å². The number of hydrogen-bond donors (Lipinski definition) is 3. The van der Waals surface area contributed by atoms with Crippen molar-refractivity contribution in [2.75, 3.05) is 19.7 Å². The summed E-state index contributed by atoms with van der Waals surface area (Å²) in [5, 5.41) is 21.1. The van der Waals surface area contributed by atoms with E-state index >= 15 is 0 Å². The number of aliphatic carboxylic acids is 1. The van der Waals surface area contributed by atoms with Crippen molar-refractivity contribution in [1.29, 1.82) is 0 Å². The van der Waals surface area contributed by atoms with Crippen molar-refractivity contribution < 1.29 is 19.8 Å². The number of hydrogen-bond acceptors (Lipinski definition) is 3. The Kier molecular flexibility index (Phi) is 6.26. The van der Waals surface area contributed by atoms with E-state index in [4.69, 9.17) is 5.11 Å². The normalized spacial score (nSPS) is 16.6. The zero-order valence-electron chi connectivity index (χ0n) is 12.4. The van der Waals surface area contributed by atoms with Crippen molar-refractivity contribution in [1.82, 2.24) is 10.2 Å². The van der Waals surface area contributed by atoms with Gasteiger partial charge in [-0.3, -0.25) is 4.79 Å². The summed E-state index contributed by atoms with van der Waals surface area (Å²) < 4.78 is 0. The minimum atomic E-state index is -0.833. The highest BCUT2D eigenvalue weighted by Gasteiger charge is 2.44. The molecule has 20 heavy (non-hydrogen) atoms. The summed E-state index contributed by atoms with van der Waals surface area (Å²) >= 11 is 0. The molecule has 6 heteroatoms. The van der Waals surface area contributed by atoms with E-state index in [1.54, 1.807) is 4.90 Å². The Morgan fingerprint density at radius 1 is 1.30 bits per heavy atom. The fourth-order valence-electron chi connectivity index (χ4n) is 2.70. The molecule has 1 aliphatic rings. The largest absolute Gasteiger partial charge is 0.481 e. The third-order valence-electron chi connectivity index (χ3n) is 4.33. The third kappa shape index (κ3) is 3.62. The van der Waals surface area contributed by atoms with E-state index < -0.39 is 11.4 Å². The zero-order chi connectivity index (χ0) is 15.2. The maximum absolute atomic E-state index is 12.2. The van der Waals surface area contributed by atoms with Gasteiger partial charge in [0.05, 0.1) is 12.0 Å². The van der Waals surface area contributed by atoms with Gasteiger partial charge in [0.25, 0.3) is 0 Å². The van der Waals surface area contributed by atoms with Crippen LogP contribution in [0.5, 0.6) is 0 Å². The van der Waals surface area contributed by atoms with E-state index in [2.05, 4.69) is 5.32 Å². The minimum absolute atomic E-state index is 0.0734. The monoisotopic (exact) mass is 286 g/mol. The average molecular weight is 286 g/mol. The molecule has 0 bridgehead atoms. The molecule has 116 valence electrons. The second kappa shape index (κ2) is 7.47. The van der Waals surface area contributed by atoms with Crippen molar-refractivity contribution in [2.45, 2.75) is 52.0 Å². The molecule has 0 aromatic heterocycles. The Balaban J connectivity index is 2.60. The molecule has 0 atom stereocenters. The molecule has 1 aliphatic carbocycles. The summed E-state index contributed by atoms with van der Waals surface area (Å²) in [6, 6.07) is -0.204. The standard InChI is InChI=1S/C14H26N2O4/c1-3-11(4-2)16(8-9-17)13(20)15-10-14(12(18)19)6-5-7-14/h11,17H,3-10H2,1-2H3,(H,15,20)(H,18,19). The topological polar surface area (TPSA) is 89.9 Å². The molecule has 0 spiro atoms. The molecular formula is C14H26N2O4. The second-order valence-corrected chi connectivity index (χ2v) is 5.49. The molecule has 0 aromatic carbocycles. The number of rotatable bonds is 8. The molecule has 0 heterocycles. The van der Waals surface area contributed by atoms with Gasteiger partial charge in [-0.2, -0.15) is 0 Å². The average Bonchev–Trinajstić information content (AvgIpc) is 2.37. The lowest BCUT2D eigenvalue weighted by Gasteiger charge is -2.38. The summed E-state index contributed by atoms with van der Waals surface area (Å²) in [5.74, 6) is -0.833. The van der Waals surface area contributed by atoms with Crippen LogP contribution in [-0.2, 0) is 4.79 Å². The highest BCUT2D eigenvalue weighted by molar-refractivity contribution is 5.79. The van der Waals surface area contributed by atoms with Gasteiger partial charge >= 0.3 is 12.0 Å². The minimum Gasteiger partial charge on any atom is -0.481 e. The highest BCUT2D eigenvalue weighted by Crippen LogP contribution is 2.40. The van der Waals surface area contributed by atoms with Gasteiger partial charge in [0, 0.05) is 19.1 Å². The van der Waals surface area contributed by atoms with E-state index in [0.29, 0.717) is 12.8 Å². The van der Waals surface area contributed by atoms with Crippen LogP contribution in [0.25, 0.3) is 0 Å². The SMILES string of the molecule is CCC(CC)N(CCO)C(=O)NCC1(C(=O)O)CCC1. The Labute approximate surface area is 120 Å². The van der Waals surface area contributed by atoms with Crippen LogP contribution < -0.4 is 5.32 Å². The van der Waals surface area contributed by atoms with Crippen LogP contribution >= 0.6 is 0 Å². The number of carboxylic acids is 1. The van der Waals surface area contributed by atoms with Gasteiger partial charge in [-0.05, 0) is 25.7 Å². The van der Waals surface area contributed by atoms with E-state index in [-0.39, 0.29) is 31.8 Å². The molecule has 3 N–H and O–H groups in total. The zero-order valence-corrected chi connectivity index (χ0v) is 12.4. The summed E-state index contributed by atoms with van der Waals surface area (Å²) in [4.78, 5) is 25.1.